The molecule has 0 saturated heterocycles. The predicted molar refractivity (Wildman–Crippen MR) is 85.6 cm³/mol. The Morgan fingerprint density at radius 2 is 2.04 bits per heavy atom. The molecule has 23 heavy (non-hydrogen) atoms. The Balaban J connectivity index is 1.56. The zero-order valence-corrected chi connectivity index (χ0v) is 14.1. The zero-order valence-electron chi connectivity index (χ0n) is 12.6. The molecule has 1 aromatic heterocycles. The van der Waals surface area contributed by atoms with Crippen molar-refractivity contribution < 1.29 is 14.1 Å². The number of anilines is 1. The number of nitrogens with zero attached hydrogens (tertiary/aromatic N) is 2. The molecule has 1 aliphatic carbocycles. The average Bonchev–Trinajstić information content (AvgIpc) is 2.82. The van der Waals surface area contributed by atoms with E-state index in [0.29, 0.717) is 29.6 Å². The molecule has 1 heterocycles. The molecule has 8 heteroatoms. The second kappa shape index (κ2) is 5.69. The molecule has 0 bridgehead atoms. The fraction of sp³-hybridized carbons (Fsp3) is 0.400. The van der Waals surface area contributed by atoms with Gasteiger partial charge in [-0.05, 0) is 44.5 Å². The third-order valence-corrected chi connectivity index (χ3v) is 4.90. The van der Waals surface area contributed by atoms with Gasteiger partial charge >= 0.3 is 0 Å². The number of nitrogens with one attached hydrogen (secondary N) is 1. The molecule has 1 aromatic carbocycles. The Labute approximate surface area is 143 Å². The average molecular weight is 356 g/mol. The van der Waals surface area contributed by atoms with Crippen molar-refractivity contribution in [1.29, 1.82) is 0 Å². The third kappa shape index (κ3) is 3.28. The van der Waals surface area contributed by atoms with Gasteiger partial charge in [0.15, 0.2) is 12.4 Å². The maximum Gasteiger partial charge on any atom is 0.264 e. The molecule has 0 radical (unpaired) electrons. The molecule has 1 fully saturated rings. The molecule has 2 aromatic rings. The van der Waals surface area contributed by atoms with Crippen LogP contribution in [0, 0.1) is 12.3 Å². The quantitative estimate of drug-likeness (QED) is 0.830. The maximum atomic E-state index is 12.2. The van der Waals surface area contributed by atoms with E-state index in [1.807, 2.05) is 0 Å². The summed E-state index contributed by atoms with van der Waals surface area (Å²) < 4.78 is 9.50. The van der Waals surface area contributed by atoms with E-state index in [4.69, 9.17) is 32.5 Å². The van der Waals surface area contributed by atoms with Crippen LogP contribution < -0.4 is 10.1 Å². The lowest BCUT2D eigenvalue weighted by molar-refractivity contribution is -0.120. The van der Waals surface area contributed by atoms with Crippen LogP contribution in [0.1, 0.15) is 25.1 Å². The highest BCUT2D eigenvalue weighted by Crippen LogP contribution is 2.64. The van der Waals surface area contributed by atoms with E-state index in [1.165, 1.54) is 0 Å². The molecular weight excluding hydrogens is 341 g/mol. The maximum absolute atomic E-state index is 12.2. The first-order chi connectivity index (χ1) is 10.8. The molecule has 1 N–H and O–H groups in total. The van der Waals surface area contributed by atoms with E-state index >= 15 is 0 Å². The predicted octanol–water partition coefficient (Wildman–Crippen LogP) is 3.48. The van der Waals surface area contributed by atoms with Crippen LogP contribution in [0.15, 0.2) is 28.8 Å². The molecule has 6 nitrogen and oxygen atoms in total. The standard InChI is InChI=1S/C15H15Cl2N3O3/c1-9-18-12(23-20-9)7-22-11-5-3-10(4-6-11)19-13(21)14(2)8-15(14,16)17/h3-6H,7-8H2,1-2H3,(H,19,21)/t14-/m1/s1. The number of rotatable bonds is 5. The lowest BCUT2D eigenvalue weighted by Gasteiger charge is -2.13. The highest BCUT2D eigenvalue weighted by molar-refractivity contribution is 6.53. The summed E-state index contributed by atoms with van der Waals surface area (Å²) in [4.78, 5) is 16.2. The van der Waals surface area contributed by atoms with Crippen LogP contribution in [0.5, 0.6) is 5.75 Å². The lowest BCUT2D eigenvalue weighted by Crippen LogP contribution is -2.25. The topological polar surface area (TPSA) is 77.3 Å². The van der Waals surface area contributed by atoms with Gasteiger partial charge in [-0.1, -0.05) is 5.16 Å². The fourth-order valence-corrected chi connectivity index (χ4v) is 2.80. The summed E-state index contributed by atoms with van der Waals surface area (Å²) in [5.74, 6) is 1.39. The van der Waals surface area contributed by atoms with E-state index in [-0.39, 0.29) is 12.5 Å². The Morgan fingerprint density at radius 3 is 2.57 bits per heavy atom. The first-order valence-electron chi connectivity index (χ1n) is 7.01. The van der Waals surface area contributed by atoms with Crippen molar-refractivity contribution in [3.8, 4) is 5.75 Å². The van der Waals surface area contributed by atoms with E-state index in [2.05, 4.69) is 15.5 Å². The number of hydrogen-bond donors (Lipinski definition) is 1. The van der Waals surface area contributed by atoms with Gasteiger partial charge in [-0.3, -0.25) is 4.79 Å². The fourth-order valence-electron chi connectivity index (χ4n) is 2.09. The second-order valence-electron chi connectivity index (χ2n) is 5.72. The highest BCUT2D eigenvalue weighted by Gasteiger charge is 2.67. The number of hydrogen-bond acceptors (Lipinski definition) is 5. The summed E-state index contributed by atoms with van der Waals surface area (Å²) >= 11 is 12.0. The molecule has 0 spiro atoms. The van der Waals surface area contributed by atoms with Crippen LogP contribution in [-0.2, 0) is 11.4 Å². The van der Waals surface area contributed by atoms with E-state index in [9.17, 15) is 4.79 Å². The molecular formula is C15H15Cl2N3O3. The number of aromatic nitrogens is 2. The van der Waals surface area contributed by atoms with E-state index in [1.54, 1.807) is 38.1 Å². The van der Waals surface area contributed by atoms with Gasteiger partial charge in [-0.2, -0.15) is 4.98 Å². The SMILES string of the molecule is Cc1noc(COc2ccc(NC(=O)[C@@]3(C)CC3(Cl)Cl)cc2)n1. The third-order valence-electron chi connectivity index (χ3n) is 3.80. The number of amides is 1. The molecule has 1 saturated carbocycles. The van der Waals surface area contributed by atoms with Gasteiger partial charge in [0.2, 0.25) is 5.91 Å². The summed E-state index contributed by atoms with van der Waals surface area (Å²) in [7, 11) is 0. The van der Waals surface area contributed by atoms with E-state index < -0.39 is 9.75 Å². The number of alkyl halides is 2. The minimum absolute atomic E-state index is 0.186. The molecule has 1 atom stereocenters. The number of carbonyl (C=O) groups excluding carboxylic acids is 1. The Bertz CT molecular complexity index is 730. The summed E-state index contributed by atoms with van der Waals surface area (Å²) in [6.07, 6.45) is 0.444. The summed E-state index contributed by atoms with van der Waals surface area (Å²) in [6, 6.07) is 6.95. The van der Waals surface area contributed by atoms with Gasteiger partial charge in [0.05, 0.1) is 5.41 Å². The largest absolute Gasteiger partial charge is 0.484 e. The van der Waals surface area contributed by atoms with Gasteiger partial charge in [0.1, 0.15) is 10.1 Å². The van der Waals surface area contributed by atoms with Gasteiger partial charge in [-0.15, -0.1) is 23.2 Å². The molecule has 1 aliphatic rings. The lowest BCUT2D eigenvalue weighted by atomic mass is 10.1. The molecule has 3 rings (SSSR count). The Hall–Kier alpha value is -1.79. The van der Waals surface area contributed by atoms with Crippen LogP contribution in [0.3, 0.4) is 0 Å². The number of ether oxygens (including phenoxy) is 1. The van der Waals surface area contributed by atoms with Crippen molar-refractivity contribution in [3.63, 3.8) is 0 Å². The molecule has 1 amide bonds. The Kier molecular flexibility index (Phi) is 3.98. The molecule has 0 unspecified atom stereocenters. The van der Waals surface area contributed by atoms with Gasteiger partial charge < -0.3 is 14.6 Å². The minimum Gasteiger partial charge on any atom is -0.484 e. The van der Waals surface area contributed by atoms with Crippen LogP contribution >= 0.6 is 23.2 Å². The van der Waals surface area contributed by atoms with Crippen molar-refractivity contribution in [1.82, 2.24) is 10.1 Å². The van der Waals surface area contributed by atoms with Crippen LogP contribution in [0.2, 0.25) is 0 Å². The second-order valence-corrected chi connectivity index (χ2v) is 7.20. The number of halogens is 2. The van der Waals surface area contributed by atoms with Crippen LogP contribution in [0.4, 0.5) is 5.69 Å². The van der Waals surface area contributed by atoms with Crippen molar-refractivity contribution in [2.45, 2.75) is 31.2 Å². The summed E-state index contributed by atoms with van der Waals surface area (Å²) in [5.41, 5.74) is -0.102. The monoisotopic (exact) mass is 355 g/mol. The van der Waals surface area contributed by atoms with Crippen molar-refractivity contribution >= 4 is 34.8 Å². The first-order valence-corrected chi connectivity index (χ1v) is 7.77. The molecule has 0 aliphatic heterocycles. The minimum atomic E-state index is -0.984. The summed E-state index contributed by atoms with van der Waals surface area (Å²) in [6.45, 7) is 3.67. The smallest absolute Gasteiger partial charge is 0.264 e. The van der Waals surface area contributed by atoms with E-state index in [0.717, 1.165) is 0 Å². The van der Waals surface area contributed by atoms with Gasteiger partial charge in [0.25, 0.3) is 5.89 Å². The van der Waals surface area contributed by atoms with Crippen molar-refractivity contribution in [2.75, 3.05) is 5.32 Å². The first kappa shape index (κ1) is 16.1. The zero-order chi connectivity index (χ0) is 16.7. The highest BCUT2D eigenvalue weighted by atomic mass is 35.5. The van der Waals surface area contributed by atoms with Crippen LogP contribution in [-0.4, -0.2) is 20.4 Å². The van der Waals surface area contributed by atoms with Crippen LogP contribution in [0.25, 0.3) is 0 Å². The van der Waals surface area contributed by atoms with Gasteiger partial charge in [-0.25, -0.2) is 0 Å². The number of aryl methyl sites for hydroxylation is 1. The molecule has 122 valence electrons. The normalized spacial score (nSPS) is 21.7. The number of carbonyl (C=O) groups is 1. The Morgan fingerprint density at radius 1 is 1.39 bits per heavy atom. The van der Waals surface area contributed by atoms with Crippen molar-refractivity contribution in [3.05, 3.63) is 36.0 Å². The van der Waals surface area contributed by atoms with Crippen molar-refractivity contribution in [2.24, 2.45) is 5.41 Å². The summed E-state index contributed by atoms with van der Waals surface area (Å²) in [5, 5.41) is 6.48. The number of benzene rings is 1. The van der Waals surface area contributed by atoms with Gasteiger partial charge in [0, 0.05) is 5.69 Å².